The van der Waals surface area contributed by atoms with Gasteiger partial charge in [0.1, 0.15) is 11.5 Å². The summed E-state index contributed by atoms with van der Waals surface area (Å²) in [5.41, 5.74) is 0.219. The van der Waals surface area contributed by atoms with Gasteiger partial charge in [-0.3, -0.25) is 4.98 Å². The Kier molecular flexibility index (Phi) is 4.23. The molecule has 0 amide bonds. The SMILES string of the molecule is CSc1ccc(Oc2cncc(Cl)c2)c2c1[C@H](C)C(F)(F)[C@H]2F. The highest BCUT2D eigenvalue weighted by molar-refractivity contribution is 7.98. The molecule has 0 unspecified atom stereocenters. The van der Waals surface area contributed by atoms with Crippen molar-refractivity contribution in [3.8, 4) is 11.5 Å². The quantitative estimate of drug-likeness (QED) is 0.626. The fourth-order valence-corrected chi connectivity index (χ4v) is 3.63. The normalized spacial score (nSPS) is 22.0. The number of pyridine rings is 1. The van der Waals surface area contributed by atoms with Gasteiger partial charge in [0.05, 0.1) is 11.2 Å². The summed E-state index contributed by atoms with van der Waals surface area (Å²) in [6.45, 7) is 1.34. The second-order valence-corrected chi connectivity index (χ2v) is 6.58. The molecule has 0 aliphatic heterocycles. The Morgan fingerprint density at radius 1 is 1.26 bits per heavy atom. The van der Waals surface area contributed by atoms with Crippen LogP contribution in [0.4, 0.5) is 13.2 Å². The molecule has 1 aromatic carbocycles. The summed E-state index contributed by atoms with van der Waals surface area (Å²) in [7, 11) is 0. The predicted octanol–water partition coefficient (Wildman–Crippen LogP) is 6.01. The van der Waals surface area contributed by atoms with Crippen molar-refractivity contribution in [3.63, 3.8) is 0 Å². The molecule has 0 saturated heterocycles. The lowest BCUT2D eigenvalue weighted by molar-refractivity contribution is -0.0785. The van der Waals surface area contributed by atoms with E-state index in [0.717, 1.165) is 0 Å². The Morgan fingerprint density at radius 2 is 2.00 bits per heavy atom. The monoisotopic (exact) mass is 359 g/mol. The Labute approximate surface area is 141 Å². The third-order valence-electron chi connectivity index (χ3n) is 3.94. The van der Waals surface area contributed by atoms with Crippen LogP contribution in [-0.4, -0.2) is 17.2 Å². The van der Waals surface area contributed by atoms with Gasteiger partial charge in [0, 0.05) is 28.6 Å². The van der Waals surface area contributed by atoms with Crippen LogP contribution in [0.1, 0.15) is 30.1 Å². The zero-order valence-corrected chi connectivity index (χ0v) is 13.9. The first kappa shape index (κ1) is 16.5. The minimum Gasteiger partial charge on any atom is -0.455 e. The van der Waals surface area contributed by atoms with Gasteiger partial charge >= 0.3 is 0 Å². The van der Waals surface area contributed by atoms with Crippen LogP contribution in [0, 0.1) is 0 Å². The molecule has 1 aliphatic carbocycles. The largest absolute Gasteiger partial charge is 0.455 e. The number of fused-ring (bicyclic) bond motifs is 1. The lowest BCUT2D eigenvalue weighted by Crippen LogP contribution is -2.22. The number of thioether (sulfide) groups is 1. The number of ether oxygens (including phenoxy) is 1. The molecule has 0 spiro atoms. The molecule has 2 aromatic rings. The molecule has 23 heavy (non-hydrogen) atoms. The van der Waals surface area contributed by atoms with Crippen LogP contribution in [-0.2, 0) is 0 Å². The van der Waals surface area contributed by atoms with Crippen molar-refractivity contribution < 1.29 is 17.9 Å². The fraction of sp³-hybridized carbons (Fsp3) is 0.312. The molecule has 1 aliphatic rings. The molecule has 7 heteroatoms. The molecule has 122 valence electrons. The topological polar surface area (TPSA) is 22.1 Å². The smallest absolute Gasteiger partial charge is 0.289 e. The molecule has 1 aromatic heterocycles. The van der Waals surface area contributed by atoms with E-state index in [-0.39, 0.29) is 17.1 Å². The molecule has 2 atom stereocenters. The maximum Gasteiger partial charge on any atom is 0.289 e. The van der Waals surface area contributed by atoms with Gasteiger partial charge in [-0.2, -0.15) is 0 Å². The van der Waals surface area contributed by atoms with Crippen LogP contribution in [0.5, 0.6) is 11.5 Å². The first-order chi connectivity index (χ1) is 10.9. The standard InChI is InChI=1S/C16H13ClF3NOS/c1-8-13-12(23-2)4-3-11(14(13)15(18)16(8,19)20)22-10-5-9(17)6-21-7-10/h3-8,15H,1-2H3/t8-,15-/m0/s1. The third-order valence-corrected chi connectivity index (χ3v) is 4.94. The molecule has 0 saturated carbocycles. The average molecular weight is 360 g/mol. The zero-order chi connectivity index (χ0) is 16.8. The minimum atomic E-state index is -3.46. The van der Waals surface area contributed by atoms with Gasteiger partial charge in [0.15, 0.2) is 6.17 Å². The van der Waals surface area contributed by atoms with Gasteiger partial charge < -0.3 is 4.74 Å². The number of nitrogens with zero attached hydrogens (tertiary/aromatic N) is 1. The van der Waals surface area contributed by atoms with Gasteiger partial charge in [-0.05, 0) is 24.0 Å². The van der Waals surface area contributed by atoms with Crippen LogP contribution < -0.4 is 4.74 Å². The molecular weight excluding hydrogens is 347 g/mol. The highest BCUT2D eigenvalue weighted by Crippen LogP contribution is 2.58. The minimum absolute atomic E-state index is 0.0680. The Hall–Kier alpha value is -1.40. The molecular formula is C16H13ClF3NOS. The van der Waals surface area contributed by atoms with Crippen molar-refractivity contribution in [2.75, 3.05) is 6.26 Å². The number of alkyl halides is 3. The van der Waals surface area contributed by atoms with E-state index in [2.05, 4.69) is 4.98 Å². The molecule has 0 bridgehead atoms. The van der Waals surface area contributed by atoms with Crippen molar-refractivity contribution in [1.82, 2.24) is 4.98 Å². The van der Waals surface area contributed by atoms with Crippen molar-refractivity contribution >= 4 is 23.4 Å². The van der Waals surface area contributed by atoms with Gasteiger partial charge in [-0.15, -0.1) is 11.8 Å². The average Bonchev–Trinajstić information content (AvgIpc) is 2.69. The van der Waals surface area contributed by atoms with E-state index in [0.29, 0.717) is 15.5 Å². The molecule has 0 radical (unpaired) electrons. The zero-order valence-electron chi connectivity index (χ0n) is 12.3. The van der Waals surface area contributed by atoms with E-state index in [4.69, 9.17) is 16.3 Å². The molecule has 3 rings (SSSR count). The summed E-state index contributed by atoms with van der Waals surface area (Å²) in [5, 5.41) is 0.343. The van der Waals surface area contributed by atoms with Crippen LogP contribution >= 0.6 is 23.4 Å². The first-order valence-corrected chi connectivity index (χ1v) is 8.47. The highest BCUT2D eigenvalue weighted by Gasteiger charge is 2.56. The number of rotatable bonds is 3. The molecule has 2 nitrogen and oxygen atoms in total. The van der Waals surface area contributed by atoms with E-state index >= 15 is 0 Å². The van der Waals surface area contributed by atoms with Crippen molar-refractivity contribution in [2.24, 2.45) is 0 Å². The van der Waals surface area contributed by atoms with E-state index in [1.54, 1.807) is 12.3 Å². The summed E-state index contributed by atoms with van der Waals surface area (Å²) in [6, 6.07) is 4.67. The van der Waals surface area contributed by atoms with E-state index in [1.165, 1.54) is 43.2 Å². The van der Waals surface area contributed by atoms with Crippen LogP contribution in [0.2, 0.25) is 5.02 Å². The first-order valence-electron chi connectivity index (χ1n) is 6.87. The maximum atomic E-state index is 14.4. The van der Waals surface area contributed by atoms with Gasteiger partial charge in [-0.25, -0.2) is 13.2 Å². The van der Waals surface area contributed by atoms with Crippen molar-refractivity contribution in [2.45, 2.75) is 29.8 Å². The second kappa shape index (κ2) is 5.91. The third kappa shape index (κ3) is 2.68. The van der Waals surface area contributed by atoms with Crippen LogP contribution in [0.25, 0.3) is 0 Å². The van der Waals surface area contributed by atoms with Crippen molar-refractivity contribution in [3.05, 3.63) is 46.7 Å². The van der Waals surface area contributed by atoms with Crippen LogP contribution in [0.15, 0.2) is 35.5 Å². The van der Waals surface area contributed by atoms with E-state index in [9.17, 15) is 13.2 Å². The summed E-state index contributed by atoms with van der Waals surface area (Å²) in [5.74, 6) is -4.33. The number of benzene rings is 1. The summed E-state index contributed by atoms with van der Waals surface area (Å²) in [4.78, 5) is 4.50. The van der Waals surface area contributed by atoms with Gasteiger partial charge in [0.2, 0.25) is 0 Å². The molecule has 0 fully saturated rings. The summed E-state index contributed by atoms with van der Waals surface area (Å²) in [6.07, 6.45) is 2.18. The van der Waals surface area contributed by atoms with Gasteiger partial charge in [-0.1, -0.05) is 18.5 Å². The number of hydrogen-bond acceptors (Lipinski definition) is 3. The highest BCUT2D eigenvalue weighted by atomic mass is 35.5. The Morgan fingerprint density at radius 3 is 2.65 bits per heavy atom. The molecule has 1 heterocycles. The van der Waals surface area contributed by atoms with Gasteiger partial charge in [0.25, 0.3) is 5.92 Å². The fourth-order valence-electron chi connectivity index (χ4n) is 2.75. The predicted molar refractivity (Wildman–Crippen MR) is 84.8 cm³/mol. The van der Waals surface area contributed by atoms with Crippen molar-refractivity contribution in [1.29, 1.82) is 0 Å². The molecule has 0 N–H and O–H groups in total. The Balaban J connectivity index is 2.11. The van der Waals surface area contributed by atoms with E-state index in [1.807, 2.05) is 0 Å². The Bertz CT molecular complexity index is 756. The maximum absolute atomic E-state index is 14.4. The summed E-state index contributed by atoms with van der Waals surface area (Å²) >= 11 is 7.14. The lowest BCUT2D eigenvalue weighted by atomic mass is 10.0. The second-order valence-electron chi connectivity index (χ2n) is 5.29. The number of halogens is 4. The number of aromatic nitrogens is 1. The lowest BCUT2D eigenvalue weighted by Gasteiger charge is -2.17. The van der Waals surface area contributed by atoms with Crippen LogP contribution in [0.3, 0.4) is 0 Å². The number of hydrogen-bond donors (Lipinski definition) is 0. The van der Waals surface area contributed by atoms with E-state index < -0.39 is 18.0 Å². The summed E-state index contributed by atoms with van der Waals surface area (Å²) < 4.78 is 48.3.